The Kier molecular flexibility index (Phi) is 5.32. The van der Waals surface area contributed by atoms with Crippen LogP contribution >= 0.6 is 11.8 Å². The molecule has 4 aromatic rings. The molecule has 0 aliphatic heterocycles. The van der Waals surface area contributed by atoms with Crippen LogP contribution in [0, 0.1) is 10.1 Å². The Labute approximate surface area is 174 Å². The number of nitro groups is 1. The van der Waals surface area contributed by atoms with Gasteiger partial charge >= 0.3 is 0 Å². The number of hydrogen-bond donors (Lipinski definition) is 0. The molecule has 0 amide bonds. The first kappa shape index (κ1) is 19.8. The fraction of sp³-hybridized carbons (Fsp3) is 0.200. The van der Waals surface area contributed by atoms with Gasteiger partial charge < -0.3 is 4.42 Å². The number of para-hydroxylation sites is 1. The number of thioether (sulfide) groups is 1. The average Bonchev–Trinajstić information content (AvgIpc) is 3.25. The maximum Gasteiger partial charge on any atom is 0.269 e. The summed E-state index contributed by atoms with van der Waals surface area (Å²) in [5.74, 6) is 0.644. The topological polar surface area (TPSA) is 117 Å². The molecule has 0 N–H and O–H groups in total. The fourth-order valence-electron chi connectivity index (χ4n) is 2.97. The molecular formula is C20H17N5O4S. The third kappa shape index (κ3) is 3.69. The lowest BCUT2D eigenvalue weighted by molar-refractivity contribution is -0.384. The summed E-state index contributed by atoms with van der Waals surface area (Å²) in [7, 11) is 0. The molecule has 2 aromatic heterocycles. The highest BCUT2D eigenvalue weighted by Gasteiger charge is 2.20. The summed E-state index contributed by atoms with van der Waals surface area (Å²) in [4.78, 5) is 27.7. The lowest BCUT2D eigenvalue weighted by atomic mass is 10.2. The molecule has 0 fully saturated rings. The second kappa shape index (κ2) is 8.07. The van der Waals surface area contributed by atoms with E-state index in [-0.39, 0.29) is 22.4 Å². The largest absolute Gasteiger partial charge is 0.419 e. The SMILES string of the molecule is CCn1c(SC(C)c2nnc(-c3ccc([N+](=O)[O-])cc3)o2)nc2ccccc2c1=O. The summed E-state index contributed by atoms with van der Waals surface area (Å²) in [6, 6.07) is 13.1. The molecule has 0 aliphatic carbocycles. The average molecular weight is 423 g/mol. The molecule has 0 saturated heterocycles. The van der Waals surface area contributed by atoms with Gasteiger partial charge in [0, 0.05) is 24.2 Å². The lowest BCUT2D eigenvalue weighted by Gasteiger charge is -2.13. The number of nitrogens with zero attached hydrogens (tertiary/aromatic N) is 5. The Morgan fingerprint density at radius 1 is 1.17 bits per heavy atom. The molecule has 1 unspecified atom stereocenters. The van der Waals surface area contributed by atoms with Crippen LogP contribution in [0.5, 0.6) is 0 Å². The van der Waals surface area contributed by atoms with E-state index in [1.54, 1.807) is 22.8 Å². The molecule has 2 heterocycles. The van der Waals surface area contributed by atoms with Crippen LogP contribution in [0.1, 0.15) is 25.0 Å². The zero-order chi connectivity index (χ0) is 21.3. The van der Waals surface area contributed by atoms with E-state index in [0.29, 0.717) is 34.1 Å². The number of hydrogen-bond acceptors (Lipinski definition) is 8. The van der Waals surface area contributed by atoms with Crippen molar-refractivity contribution >= 4 is 28.4 Å². The number of aromatic nitrogens is 4. The van der Waals surface area contributed by atoms with Gasteiger partial charge in [-0.2, -0.15) is 0 Å². The first-order valence-corrected chi connectivity index (χ1v) is 10.1. The Bertz CT molecular complexity index is 1280. The van der Waals surface area contributed by atoms with E-state index in [1.165, 1.54) is 23.9 Å². The van der Waals surface area contributed by atoms with Crippen molar-refractivity contribution in [3.63, 3.8) is 0 Å². The van der Waals surface area contributed by atoms with Crippen LogP contribution < -0.4 is 5.56 Å². The highest BCUT2D eigenvalue weighted by Crippen LogP contribution is 2.34. The standard InChI is InChI=1S/C20H17N5O4S/c1-3-24-19(26)15-6-4-5-7-16(15)21-20(24)30-12(2)17-22-23-18(29-17)13-8-10-14(11-9-13)25(27)28/h4-12H,3H2,1-2H3. The molecular weight excluding hydrogens is 406 g/mol. The first-order valence-electron chi connectivity index (χ1n) is 9.22. The van der Waals surface area contributed by atoms with Gasteiger partial charge in [-0.15, -0.1) is 10.2 Å². The third-order valence-corrected chi connectivity index (χ3v) is 5.62. The zero-order valence-corrected chi connectivity index (χ0v) is 17.0. The monoisotopic (exact) mass is 423 g/mol. The van der Waals surface area contributed by atoms with Gasteiger partial charge in [-0.1, -0.05) is 23.9 Å². The molecule has 0 spiro atoms. The van der Waals surface area contributed by atoms with E-state index in [4.69, 9.17) is 4.42 Å². The van der Waals surface area contributed by atoms with Gasteiger partial charge in [-0.05, 0) is 38.1 Å². The Balaban J connectivity index is 1.61. The highest BCUT2D eigenvalue weighted by molar-refractivity contribution is 7.99. The predicted octanol–water partition coefficient (Wildman–Crippen LogP) is 4.23. The van der Waals surface area contributed by atoms with E-state index in [9.17, 15) is 14.9 Å². The summed E-state index contributed by atoms with van der Waals surface area (Å²) in [5, 5.41) is 19.8. The maximum atomic E-state index is 12.8. The molecule has 30 heavy (non-hydrogen) atoms. The quantitative estimate of drug-likeness (QED) is 0.196. The van der Waals surface area contributed by atoms with Crippen molar-refractivity contribution in [1.82, 2.24) is 19.7 Å². The zero-order valence-electron chi connectivity index (χ0n) is 16.2. The summed E-state index contributed by atoms with van der Waals surface area (Å²) in [5.41, 5.74) is 1.13. The minimum Gasteiger partial charge on any atom is -0.419 e. The van der Waals surface area contributed by atoms with E-state index in [0.717, 1.165) is 0 Å². The number of non-ortho nitro benzene ring substituents is 1. The van der Waals surface area contributed by atoms with Gasteiger partial charge in [-0.25, -0.2) is 4.98 Å². The van der Waals surface area contributed by atoms with Crippen LogP contribution in [0.2, 0.25) is 0 Å². The minimum atomic E-state index is -0.467. The van der Waals surface area contributed by atoms with Gasteiger partial charge in [0.15, 0.2) is 5.16 Å². The second-order valence-electron chi connectivity index (χ2n) is 6.47. The Morgan fingerprint density at radius 2 is 1.90 bits per heavy atom. The second-order valence-corrected chi connectivity index (χ2v) is 7.78. The van der Waals surface area contributed by atoms with Gasteiger partial charge in [0.1, 0.15) is 0 Å². The van der Waals surface area contributed by atoms with Crippen molar-refractivity contribution in [2.75, 3.05) is 0 Å². The predicted molar refractivity (Wildman–Crippen MR) is 112 cm³/mol. The van der Waals surface area contributed by atoms with Gasteiger partial charge in [0.05, 0.1) is 21.1 Å². The molecule has 2 aromatic carbocycles. The number of benzene rings is 2. The van der Waals surface area contributed by atoms with Crippen molar-refractivity contribution in [3.8, 4) is 11.5 Å². The Morgan fingerprint density at radius 3 is 2.60 bits per heavy atom. The Hall–Kier alpha value is -3.53. The molecule has 4 rings (SSSR count). The maximum absolute atomic E-state index is 12.8. The smallest absolute Gasteiger partial charge is 0.269 e. The van der Waals surface area contributed by atoms with Crippen molar-refractivity contribution in [3.05, 3.63) is 74.9 Å². The fourth-order valence-corrected chi connectivity index (χ4v) is 3.97. The van der Waals surface area contributed by atoms with Crippen molar-refractivity contribution in [2.45, 2.75) is 30.8 Å². The highest BCUT2D eigenvalue weighted by atomic mass is 32.2. The normalized spacial score (nSPS) is 12.2. The van der Waals surface area contributed by atoms with E-state index in [2.05, 4.69) is 15.2 Å². The number of fused-ring (bicyclic) bond motifs is 1. The summed E-state index contributed by atoms with van der Waals surface area (Å²) in [6.45, 7) is 4.27. The summed E-state index contributed by atoms with van der Waals surface area (Å²) < 4.78 is 7.39. The van der Waals surface area contributed by atoms with E-state index in [1.807, 2.05) is 32.0 Å². The molecule has 0 radical (unpaired) electrons. The van der Waals surface area contributed by atoms with Crippen LogP contribution in [0.4, 0.5) is 5.69 Å². The lowest BCUT2D eigenvalue weighted by Crippen LogP contribution is -2.22. The molecule has 1 atom stereocenters. The number of rotatable bonds is 6. The van der Waals surface area contributed by atoms with Gasteiger partial charge in [-0.3, -0.25) is 19.5 Å². The third-order valence-electron chi connectivity index (χ3n) is 4.54. The molecule has 0 bridgehead atoms. The first-order chi connectivity index (χ1) is 14.5. The van der Waals surface area contributed by atoms with Crippen LogP contribution in [-0.4, -0.2) is 24.7 Å². The molecule has 0 saturated carbocycles. The van der Waals surface area contributed by atoms with Gasteiger partial charge in [0.25, 0.3) is 11.2 Å². The van der Waals surface area contributed by atoms with E-state index < -0.39 is 4.92 Å². The van der Waals surface area contributed by atoms with Crippen LogP contribution in [0.25, 0.3) is 22.4 Å². The molecule has 0 aliphatic rings. The van der Waals surface area contributed by atoms with Crippen LogP contribution in [-0.2, 0) is 6.54 Å². The van der Waals surface area contributed by atoms with Crippen molar-refractivity contribution in [2.24, 2.45) is 0 Å². The summed E-state index contributed by atoms with van der Waals surface area (Å²) in [6.07, 6.45) is 0. The van der Waals surface area contributed by atoms with Crippen molar-refractivity contribution in [1.29, 1.82) is 0 Å². The van der Waals surface area contributed by atoms with E-state index >= 15 is 0 Å². The van der Waals surface area contributed by atoms with Gasteiger partial charge in [0.2, 0.25) is 11.8 Å². The minimum absolute atomic E-state index is 0.0117. The molecule has 9 nitrogen and oxygen atoms in total. The summed E-state index contributed by atoms with van der Waals surface area (Å²) >= 11 is 1.36. The van der Waals surface area contributed by atoms with Crippen LogP contribution in [0.3, 0.4) is 0 Å². The van der Waals surface area contributed by atoms with Crippen molar-refractivity contribution < 1.29 is 9.34 Å². The molecule has 152 valence electrons. The molecule has 10 heteroatoms. The number of nitro benzene ring substituents is 1. The van der Waals surface area contributed by atoms with Crippen LogP contribution in [0.15, 0.2) is 62.9 Å².